The van der Waals surface area contributed by atoms with Crippen molar-refractivity contribution in [2.45, 2.75) is 23.6 Å². The van der Waals surface area contributed by atoms with Crippen molar-refractivity contribution in [3.8, 4) is 28.1 Å². The van der Waals surface area contributed by atoms with Crippen LogP contribution in [0.5, 0.6) is 5.88 Å². The van der Waals surface area contributed by atoms with Gasteiger partial charge in [-0.1, -0.05) is 43.3 Å². The Kier molecular flexibility index (Phi) is 7.65. The van der Waals surface area contributed by atoms with Crippen LogP contribution in [0.2, 0.25) is 0 Å². The Hall–Kier alpha value is -4.48. The van der Waals surface area contributed by atoms with Gasteiger partial charge < -0.3 is 10.5 Å². The number of nitrogens with one attached hydrogen (secondary N) is 1. The predicted molar refractivity (Wildman–Crippen MR) is 161 cm³/mol. The minimum Gasteiger partial charge on any atom is -0.476 e. The molecule has 0 aliphatic carbocycles. The third-order valence-electron chi connectivity index (χ3n) is 6.51. The van der Waals surface area contributed by atoms with Gasteiger partial charge in [0.05, 0.1) is 27.7 Å². The van der Waals surface area contributed by atoms with Crippen molar-refractivity contribution in [1.82, 2.24) is 9.97 Å². The summed E-state index contributed by atoms with van der Waals surface area (Å²) in [4.78, 5) is 9.30. The van der Waals surface area contributed by atoms with Crippen LogP contribution in [-0.2, 0) is 19.9 Å². The summed E-state index contributed by atoms with van der Waals surface area (Å²) in [6.07, 6.45) is 1.62. The molecule has 3 aromatic carbocycles. The number of fused-ring (bicyclic) bond motifs is 1. The van der Waals surface area contributed by atoms with Crippen LogP contribution in [0.4, 0.5) is 11.5 Å². The van der Waals surface area contributed by atoms with E-state index in [-0.39, 0.29) is 27.1 Å². The minimum atomic E-state index is -3.87. The van der Waals surface area contributed by atoms with Crippen LogP contribution in [-0.4, -0.2) is 39.2 Å². The third-order valence-corrected chi connectivity index (χ3v) is 9.64. The fraction of sp³-hybridized carbons (Fsp3) is 0.133. The molecule has 0 fully saturated rings. The topological polar surface area (TPSA) is 141 Å². The van der Waals surface area contributed by atoms with Crippen LogP contribution < -0.4 is 15.2 Å². The molecule has 0 bridgehead atoms. The molecule has 9 nitrogen and oxygen atoms in total. The van der Waals surface area contributed by atoms with Crippen molar-refractivity contribution in [3.05, 3.63) is 91.1 Å². The molecule has 0 saturated carbocycles. The lowest BCUT2D eigenvalue weighted by Crippen LogP contribution is -2.14. The molecule has 41 heavy (non-hydrogen) atoms. The summed E-state index contributed by atoms with van der Waals surface area (Å²) in [7, 11) is -7.20. The van der Waals surface area contributed by atoms with Crippen molar-refractivity contribution in [2.24, 2.45) is 0 Å². The van der Waals surface area contributed by atoms with Crippen molar-refractivity contribution >= 4 is 42.3 Å². The molecular formula is C30H28N4O5S2. The molecule has 0 saturated heterocycles. The van der Waals surface area contributed by atoms with Gasteiger partial charge in [0.15, 0.2) is 9.84 Å². The van der Waals surface area contributed by atoms with Gasteiger partial charge in [-0.05, 0) is 66.6 Å². The Morgan fingerprint density at radius 2 is 1.51 bits per heavy atom. The predicted octanol–water partition coefficient (Wildman–Crippen LogP) is 5.54. The number of aromatic nitrogens is 2. The second kappa shape index (κ2) is 11.2. The summed E-state index contributed by atoms with van der Waals surface area (Å²) in [5.41, 5.74) is 9.99. The normalized spacial score (nSPS) is 11.9. The minimum absolute atomic E-state index is 0.0185. The number of nitrogen functional groups attached to an aromatic ring is 1. The number of sulfonamides is 1. The third kappa shape index (κ3) is 5.86. The highest BCUT2D eigenvalue weighted by Crippen LogP contribution is 2.34. The number of pyridine rings is 2. The standard InChI is InChI=1S/C30H28N4O5S2/c1-3-39-30-28(34-41(37,38)25-8-6-5-7-9-25)18-23(19-32-30)21-12-15-27-22(16-21)17-26(29(31)33-27)20-10-13-24(14-11-20)40(35,36)4-2/h5-19,34H,3-4H2,1-2H3,(H2,31,33). The SMILES string of the molecule is CCOc1ncc(-c2ccc3nc(N)c(-c4ccc(S(=O)(=O)CC)cc4)cc3c2)cc1NS(=O)(=O)c1ccccc1. The highest BCUT2D eigenvalue weighted by molar-refractivity contribution is 7.92. The Balaban J connectivity index is 1.53. The monoisotopic (exact) mass is 588 g/mol. The van der Waals surface area contributed by atoms with Crippen LogP contribution in [0.15, 0.2) is 101 Å². The highest BCUT2D eigenvalue weighted by Gasteiger charge is 2.19. The second-order valence-electron chi connectivity index (χ2n) is 9.18. The molecule has 0 aliphatic rings. The van der Waals surface area contributed by atoms with Crippen molar-refractivity contribution in [1.29, 1.82) is 0 Å². The Morgan fingerprint density at radius 3 is 2.20 bits per heavy atom. The highest BCUT2D eigenvalue weighted by atomic mass is 32.2. The summed E-state index contributed by atoms with van der Waals surface area (Å²) in [6, 6.07) is 23.8. The lowest BCUT2D eigenvalue weighted by atomic mass is 10.0. The number of sulfone groups is 1. The second-order valence-corrected chi connectivity index (χ2v) is 13.1. The van der Waals surface area contributed by atoms with E-state index < -0.39 is 19.9 Å². The van der Waals surface area contributed by atoms with Gasteiger partial charge in [-0.15, -0.1) is 0 Å². The van der Waals surface area contributed by atoms with E-state index in [1.807, 2.05) is 24.3 Å². The maximum Gasteiger partial charge on any atom is 0.262 e. The average molecular weight is 589 g/mol. The number of benzene rings is 3. The van der Waals surface area contributed by atoms with Gasteiger partial charge in [0, 0.05) is 22.7 Å². The zero-order valence-corrected chi connectivity index (χ0v) is 24.0. The van der Waals surface area contributed by atoms with E-state index in [2.05, 4.69) is 14.7 Å². The molecular weight excluding hydrogens is 560 g/mol. The number of rotatable bonds is 9. The molecule has 0 unspecified atom stereocenters. The molecule has 5 aromatic rings. The molecule has 5 rings (SSSR count). The summed E-state index contributed by atoms with van der Waals surface area (Å²) in [6.45, 7) is 3.71. The number of hydrogen-bond donors (Lipinski definition) is 2. The Morgan fingerprint density at radius 1 is 0.805 bits per heavy atom. The number of ether oxygens (including phenoxy) is 1. The van der Waals surface area contributed by atoms with E-state index in [0.717, 1.165) is 16.5 Å². The molecule has 0 amide bonds. The first-order chi connectivity index (χ1) is 19.6. The molecule has 11 heteroatoms. The first-order valence-electron chi connectivity index (χ1n) is 12.9. The first kappa shape index (κ1) is 28.1. The fourth-order valence-corrected chi connectivity index (χ4v) is 6.30. The van der Waals surface area contributed by atoms with Crippen LogP contribution in [0, 0.1) is 0 Å². The molecule has 0 spiro atoms. The number of hydrogen-bond acceptors (Lipinski definition) is 8. The van der Waals surface area contributed by atoms with Gasteiger partial charge in [0.2, 0.25) is 5.88 Å². The zero-order valence-electron chi connectivity index (χ0n) is 22.4. The van der Waals surface area contributed by atoms with E-state index in [1.54, 1.807) is 68.6 Å². The molecule has 0 atom stereocenters. The maximum absolute atomic E-state index is 13.0. The van der Waals surface area contributed by atoms with E-state index in [4.69, 9.17) is 10.5 Å². The summed E-state index contributed by atoms with van der Waals surface area (Å²) in [5.74, 6) is 0.503. The maximum atomic E-state index is 13.0. The van der Waals surface area contributed by atoms with E-state index in [9.17, 15) is 16.8 Å². The van der Waals surface area contributed by atoms with E-state index in [1.165, 1.54) is 12.1 Å². The Labute approximate surface area is 239 Å². The van der Waals surface area contributed by atoms with Crippen LogP contribution in [0.25, 0.3) is 33.2 Å². The van der Waals surface area contributed by atoms with Crippen LogP contribution >= 0.6 is 0 Å². The lowest BCUT2D eigenvalue weighted by molar-refractivity contribution is 0.329. The van der Waals surface area contributed by atoms with Gasteiger partial charge in [-0.3, -0.25) is 4.72 Å². The van der Waals surface area contributed by atoms with Gasteiger partial charge in [0.25, 0.3) is 10.0 Å². The molecule has 210 valence electrons. The Bertz CT molecular complexity index is 1950. The van der Waals surface area contributed by atoms with Crippen LogP contribution in [0.3, 0.4) is 0 Å². The molecule has 2 heterocycles. The zero-order chi connectivity index (χ0) is 29.2. The van der Waals surface area contributed by atoms with Crippen molar-refractivity contribution < 1.29 is 21.6 Å². The largest absolute Gasteiger partial charge is 0.476 e. The average Bonchev–Trinajstić information content (AvgIpc) is 2.98. The van der Waals surface area contributed by atoms with Gasteiger partial charge >= 0.3 is 0 Å². The summed E-state index contributed by atoms with van der Waals surface area (Å²) in [5, 5.41) is 0.789. The van der Waals surface area contributed by atoms with E-state index in [0.29, 0.717) is 29.1 Å². The number of nitrogens with two attached hydrogens (primary N) is 1. The number of nitrogens with zero attached hydrogens (tertiary/aromatic N) is 2. The molecule has 0 radical (unpaired) electrons. The quantitative estimate of drug-likeness (QED) is 0.229. The summed E-state index contributed by atoms with van der Waals surface area (Å²) >= 11 is 0. The van der Waals surface area contributed by atoms with Crippen molar-refractivity contribution in [2.75, 3.05) is 22.8 Å². The summed E-state index contributed by atoms with van der Waals surface area (Å²) < 4.78 is 58.7. The molecule has 3 N–H and O–H groups in total. The first-order valence-corrected chi connectivity index (χ1v) is 16.0. The van der Waals surface area contributed by atoms with Crippen molar-refractivity contribution in [3.63, 3.8) is 0 Å². The fourth-order valence-electron chi connectivity index (χ4n) is 4.35. The van der Waals surface area contributed by atoms with E-state index >= 15 is 0 Å². The molecule has 2 aromatic heterocycles. The van der Waals surface area contributed by atoms with Crippen LogP contribution in [0.1, 0.15) is 13.8 Å². The van der Waals surface area contributed by atoms with Gasteiger partial charge in [-0.25, -0.2) is 26.8 Å². The molecule has 0 aliphatic heterocycles. The lowest BCUT2D eigenvalue weighted by Gasteiger charge is -2.14. The van der Waals surface area contributed by atoms with Gasteiger partial charge in [-0.2, -0.15) is 0 Å². The van der Waals surface area contributed by atoms with Gasteiger partial charge in [0.1, 0.15) is 11.5 Å². The number of anilines is 2. The smallest absolute Gasteiger partial charge is 0.262 e.